The van der Waals surface area contributed by atoms with E-state index in [0.717, 1.165) is 5.56 Å². The molecule has 1 heterocycles. The number of aromatic hydroxyl groups is 1. The minimum Gasteiger partial charge on any atom is -0.508 e. The number of benzene rings is 2. The molecule has 0 saturated carbocycles. The molecule has 0 atom stereocenters. The second kappa shape index (κ2) is 9.12. The van der Waals surface area contributed by atoms with Gasteiger partial charge >= 0.3 is 0 Å². The second-order valence-corrected chi connectivity index (χ2v) is 6.65. The molecule has 0 unspecified atom stereocenters. The topological polar surface area (TPSA) is 79.3 Å². The fourth-order valence-corrected chi connectivity index (χ4v) is 2.93. The number of carbonyl (C=O) groups is 2. The number of amides is 2. The quantitative estimate of drug-likeness (QED) is 0.822. The Balaban J connectivity index is 1.40. The van der Waals surface area contributed by atoms with E-state index in [4.69, 9.17) is 9.47 Å². The zero-order valence-corrected chi connectivity index (χ0v) is 15.8. The standard InChI is InChI=1S/C21H24N2O5/c1-16-3-2-4-19(13-16)28-15-21(26)23-11-9-22(10-12-23)20(25)14-27-18-7-5-17(24)6-8-18/h2-8,13,24H,9-12,14-15H2,1H3. The molecule has 1 aliphatic rings. The maximum atomic E-state index is 12.3. The summed E-state index contributed by atoms with van der Waals surface area (Å²) in [6, 6.07) is 13.8. The normalized spacial score (nSPS) is 13.9. The van der Waals surface area contributed by atoms with Gasteiger partial charge in [0.15, 0.2) is 13.2 Å². The Morgan fingerprint density at radius 1 is 0.857 bits per heavy atom. The fraction of sp³-hybridized carbons (Fsp3) is 0.333. The SMILES string of the molecule is Cc1cccc(OCC(=O)N2CCN(C(=O)COc3ccc(O)cc3)CC2)c1. The van der Waals surface area contributed by atoms with Crippen LogP contribution in [0.1, 0.15) is 5.56 Å². The van der Waals surface area contributed by atoms with Gasteiger partial charge in [-0.1, -0.05) is 12.1 Å². The number of aryl methyl sites for hydroxylation is 1. The summed E-state index contributed by atoms with van der Waals surface area (Å²) < 4.78 is 11.0. The third kappa shape index (κ3) is 5.39. The Bertz CT molecular complexity index is 814. The Hall–Kier alpha value is -3.22. The molecule has 2 aromatic rings. The first-order valence-electron chi connectivity index (χ1n) is 9.18. The van der Waals surface area contributed by atoms with Gasteiger partial charge in [0, 0.05) is 26.2 Å². The van der Waals surface area contributed by atoms with Gasteiger partial charge in [-0.2, -0.15) is 0 Å². The summed E-state index contributed by atoms with van der Waals surface area (Å²) in [5, 5.41) is 9.25. The van der Waals surface area contributed by atoms with Gasteiger partial charge in [0.25, 0.3) is 11.8 Å². The van der Waals surface area contributed by atoms with E-state index < -0.39 is 0 Å². The maximum absolute atomic E-state index is 12.3. The van der Waals surface area contributed by atoms with Crippen LogP contribution in [-0.4, -0.2) is 66.1 Å². The van der Waals surface area contributed by atoms with Crippen molar-refractivity contribution in [1.82, 2.24) is 9.80 Å². The third-order valence-corrected chi connectivity index (χ3v) is 4.54. The summed E-state index contributed by atoms with van der Waals surface area (Å²) >= 11 is 0. The minimum absolute atomic E-state index is 0.0125. The molecule has 1 N–H and O–H groups in total. The molecule has 3 rings (SSSR count). The van der Waals surface area contributed by atoms with Crippen molar-refractivity contribution in [2.24, 2.45) is 0 Å². The summed E-state index contributed by atoms with van der Waals surface area (Å²) in [7, 11) is 0. The highest BCUT2D eigenvalue weighted by Crippen LogP contribution is 2.16. The monoisotopic (exact) mass is 384 g/mol. The highest BCUT2D eigenvalue weighted by atomic mass is 16.5. The number of phenols is 1. The van der Waals surface area contributed by atoms with Crippen LogP contribution in [0, 0.1) is 6.92 Å². The Morgan fingerprint density at radius 2 is 1.39 bits per heavy atom. The Kier molecular flexibility index (Phi) is 6.37. The zero-order chi connectivity index (χ0) is 19.9. The lowest BCUT2D eigenvalue weighted by Crippen LogP contribution is -2.52. The van der Waals surface area contributed by atoms with Gasteiger partial charge < -0.3 is 24.4 Å². The molecule has 1 saturated heterocycles. The smallest absolute Gasteiger partial charge is 0.260 e. The lowest BCUT2D eigenvalue weighted by molar-refractivity contribution is -0.141. The number of nitrogens with zero attached hydrogens (tertiary/aromatic N) is 2. The Labute approximate surface area is 164 Å². The molecule has 0 bridgehead atoms. The summed E-state index contributed by atoms with van der Waals surface area (Å²) in [6.45, 7) is 3.76. The number of ether oxygens (including phenoxy) is 2. The van der Waals surface area contributed by atoms with Crippen LogP contribution in [0.15, 0.2) is 48.5 Å². The molecular formula is C21H24N2O5. The van der Waals surface area contributed by atoms with E-state index in [9.17, 15) is 14.7 Å². The van der Waals surface area contributed by atoms with Crippen LogP contribution in [0.4, 0.5) is 0 Å². The minimum atomic E-state index is -0.129. The lowest BCUT2D eigenvalue weighted by atomic mass is 10.2. The van der Waals surface area contributed by atoms with Gasteiger partial charge in [-0.15, -0.1) is 0 Å². The Morgan fingerprint density at radius 3 is 1.93 bits per heavy atom. The van der Waals surface area contributed by atoms with Gasteiger partial charge in [-0.25, -0.2) is 0 Å². The molecule has 0 spiro atoms. The molecular weight excluding hydrogens is 360 g/mol. The molecule has 148 valence electrons. The number of carbonyl (C=O) groups excluding carboxylic acids is 2. The number of piperazine rings is 1. The van der Waals surface area contributed by atoms with Crippen LogP contribution in [0.2, 0.25) is 0 Å². The van der Waals surface area contributed by atoms with E-state index in [0.29, 0.717) is 37.7 Å². The first-order chi connectivity index (χ1) is 13.5. The second-order valence-electron chi connectivity index (χ2n) is 6.65. The molecule has 2 aromatic carbocycles. The highest BCUT2D eigenvalue weighted by Gasteiger charge is 2.24. The molecule has 0 aromatic heterocycles. The van der Waals surface area contributed by atoms with Crippen LogP contribution in [0.3, 0.4) is 0 Å². The van der Waals surface area contributed by atoms with E-state index in [1.54, 1.807) is 21.9 Å². The van der Waals surface area contributed by atoms with E-state index in [1.165, 1.54) is 12.1 Å². The van der Waals surface area contributed by atoms with Gasteiger partial charge in [0.1, 0.15) is 17.2 Å². The van der Waals surface area contributed by atoms with Crippen molar-refractivity contribution in [3.05, 3.63) is 54.1 Å². The van der Waals surface area contributed by atoms with Gasteiger partial charge in [-0.3, -0.25) is 9.59 Å². The number of hydrogen-bond donors (Lipinski definition) is 1. The number of rotatable bonds is 6. The molecule has 7 heteroatoms. The number of hydrogen-bond acceptors (Lipinski definition) is 5. The predicted molar refractivity (Wildman–Crippen MR) is 103 cm³/mol. The van der Waals surface area contributed by atoms with Gasteiger partial charge in [0.2, 0.25) is 0 Å². The first-order valence-corrected chi connectivity index (χ1v) is 9.18. The van der Waals surface area contributed by atoms with Gasteiger partial charge in [0.05, 0.1) is 0 Å². The summed E-state index contributed by atoms with van der Waals surface area (Å²) in [5.41, 5.74) is 1.08. The molecule has 0 radical (unpaired) electrons. The lowest BCUT2D eigenvalue weighted by Gasteiger charge is -2.34. The van der Waals surface area contributed by atoms with Crippen LogP contribution in [-0.2, 0) is 9.59 Å². The van der Waals surface area contributed by atoms with Crippen LogP contribution in [0.25, 0.3) is 0 Å². The molecule has 7 nitrogen and oxygen atoms in total. The largest absolute Gasteiger partial charge is 0.508 e. The van der Waals surface area contributed by atoms with Crippen LogP contribution >= 0.6 is 0 Å². The van der Waals surface area contributed by atoms with Crippen molar-refractivity contribution in [1.29, 1.82) is 0 Å². The molecule has 28 heavy (non-hydrogen) atoms. The van der Waals surface area contributed by atoms with Crippen molar-refractivity contribution in [3.63, 3.8) is 0 Å². The van der Waals surface area contributed by atoms with Crippen LogP contribution < -0.4 is 9.47 Å². The first kappa shape index (κ1) is 19.5. The van der Waals surface area contributed by atoms with Crippen LogP contribution in [0.5, 0.6) is 17.2 Å². The predicted octanol–water partition coefficient (Wildman–Crippen LogP) is 1.83. The zero-order valence-electron chi connectivity index (χ0n) is 15.8. The highest BCUT2D eigenvalue weighted by molar-refractivity contribution is 5.80. The molecule has 1 aliphatic heterocycles. The summed E-state index contributed by atoms with van der Waals surface area (Å²) in [6.07, 6.45) is 0. The van der Waals surface area contributed by atoms with Crippen molar-refractivity contribution in [2.75, 3.05) is 39.4 Å². The molecule has 0 aliphatic carbocycles. The van der Waals surface area contributed by atoms with E-state index in [-0.39, 0.29) is 30.8 Å². The average Bonchev–Trinajstić information content (AvgIpc) is 2.71. The molecule has 2 amide bonds. The van der Waals surface area contributed by atoms with E-state index in [1.807, 2.05) is 31.2 Å². The summed E-state index contributed by atoms with van der Waals surface area (Å²) in [5.74, 6) is 1.12. The van der Waals surface area contributed by atoms with E-state index >= 15 is 0 Å². The molecule has 1 fully saturated rings. The fourth-order valence-electron chi connectivity index (χ4n) is 2.93. The maximum Gasteiger partial charge on any atom is 0.260 e. The average molecular weight is 384 g/mol. The van der Waals surface area contributed by atoms with E-state index in [2.05, 4.69) is 0 Å². The van der Waals surface area contributed by atoms with Crippen molar-refractivity contribution >= 4 is 11.8 Å². The summed E-state index contributed by atoms with van der Waals surface area (Å²) in [4.78, 5) is 28.0. The van der Waals surface area contributed by atoms with Crippen molar-refractivity contribution < 1.29 is 24.2 Å². The third-order valence-electron chi connectivity index (χ3n) is 4.54. The number of phenolic OH excluding ortho intramolecular Hbond substituents is 1. The van der Waals surface area contributed by atoms with Crippen molar-refractivity contribution in [2.45, 2.75) is 6.92 Å². The van der Waals surface area contributed by atoms with Gasteiger partial charge in [-0.05, 0) is 48.9 Å². The van der Waals surface area contributed by atoms with Crippen molar-refractivity contribution in [3.8, 4) is 17.2 Å².